The Morgan fingerprint density at radius 1 is 1.00 bits per heavy atom. The first kappa shape index (κ1) is 30.9. The molecule has 196 valence electrons. The summed E-state index contributed by atoms with van der Waals surface area (Å²) in [6.45, 7) is 23.3. The van der Waals surface area contributed by atoms with E-state index in [1.165, 1.54) is 0 Å². The molecule has 0 radical (unpaired) electrons. The third kappa shape index (κ3) is 10.2. The fourth-order valence-corrected chi connectivity index (χ4v) is 5.02. The highest BCUT2D eigenvalue weighted by Crippen LogP contribution is 2.37. The van der Waals surface area contributed by atoms with Crippen LogP contribution in [0.4, 0.5) is 0 Å². The van der Waals surface area contributed by atoms with Gasteiger partial charge in [0.25, 0.3) is 0 Å². The third-order valence-corrected chi connectivity index (χ3v) is 12.2. The van der Waals surface area contributed by atoms with Crippen LogP contribution in [0.1, 0.15) is 72.8 Å². The zero-order valence-corrected chi connectivity index (χ0v) is 24.4. The van der Waals surface area contributed by atoms with E-state index < -0.39 is 8.32 Å². The van der Waals surface area contributed by atoms with Crippen LogP contribution in [0.5, 0.6) is 5.75 Å². The first-order valence-electron chi connectivity index (χ1n) is 13.0. The summed E-state index contributed by atoms with van der Waals surface area (Å²) in [7, 11) is -0.0284. The maximum Gasteiger partial charge on any atom is 0.191 e. The lowest BCUT2D eigenvalue weighted by Gasteiger charge is -2.36. The summed E-state index contributed by atoms with van der Waals surface area (Å²) in [6.07, 6.45) is 5.40. The van der Waals surface area contributed by atoms with E-state index in [1.54, 1.807) is 7.11 Å². The molecule has 0 heterocycles. The molecule has 0 aromatic heterocycles. The van der Waals surface area contributed by atoms with E-state index in [1.807, 2.05) is 25.1 Å². The van der Waals surface area contributed by atoms with Crippen LogP contribution in [0.25, 0.3) is 0 Å². The second-order valence-corrected chi connectivity index (χ2v) is 16.4. The Bertz CT molecular complexity index is 695. The van der Waals surface area contributed by atoms with Crippen LogP contribution in [0.3, 0.4) is 0 Å². The quantitative estimate of drug-likeness (QED) is 0.146. The summed E-state index contributed by atoms with van der Waals surface area (Å²) in [5, 5.41) is 10.7. The van der Waals surface area contributed by atoms with Crippen molar-refractivity contribution < 1.29 is 19.0 Å². The Labute approximate surface area is 211 Å². The molecule has 5 heteroatoms. The van der Waals surface area contributed by atoms with Crippen molar-refractivity contribution in [1.82, 2.24) is 0 Å². The Kier molecular flexibility index (Phi) is 13.1. The lowest BCUT2D eigenvalue weighted by atomic mass is 9.85. The Morgan fingerprint density at radius 3 is 2.12 bits per heavy atom. The standard InChI is InChI=1S/C29H52O4Si/c1-11-22(2)27(30)19-14-24(4)28(32-21-25-15-17-26(31-8)18-16-25)23(3)13-12-20-33-34(9,10)29(5,6)7/h11,15-18,22-24,27-28,30H,1,12-14,19-21H2,2-10H3/t22-,23+,24-,27+,28-/m1/s1. The van der Waals surface area contributed by atoms with Gasteiger partial charge < -0.3 is 19.0 Å². The molecule has 5 atom stereocenters. The number of aliphatic hydroxyl groups excluding tert-OH is 1. The molecule has 0 saturated carbocycles. The molecule has 0 bridgehead atoms. The van der Waals surface area contributed by atoms with Crippen molar-refractivity contribution >= 4 is 8.32 Å². The fraction of sp³-hybridized carbons (Fsp3) is 0.724. The lowest BCUT2D eigenvalue weighted by molar-refractivity contribution is -0.0368. The van der Waals surface area contributed by atoms with E-state index in [2.05, 4.69) is 66.4 Å². The SMILES string of the molecule is C=C[C@@H](C)[C@@H](O)CC[C@@H](C)[C@H](OCc1ccc(OC)cc1)[C@@H](C)CCCO[Si](C)(C)C(C)(C)C. The molecule has 0 aliphatic heterocycles. The maximum atomic E-state index is 10.4. The molecule has 4 nitrogen and oxygen atoms in total. The van der Waals surface area contributed by atoms with Gasteiger partial charge in [0.15, 0.2) is 8.32 Å². The Hall–Kier alpha value is -1.14. The van der Waals surface area contributed by atoms with Crippen LogP contribution < -0.4 is 4.74 Å². The van der Waals surface area contributed by atoms with Gasteiger partial charge in [-0.1, -0.05) is 59.8 Å². The molecule has 0 saturated heterocycles. The fourth-order valence-electron chi connectivity index (χ4n) is 3.93. The molecule has 0 spiro atoms. The van der Waals surface area contributed by atoms with Crippen molar-refractivity contribution in [2.24, 2.45) is 17.8 Å². The van der Waals surface area contributed by atoms with E-state index in [0.29, 0.717) is 18.4 Å². The van der Waals surface area contributed by atoms with E-state index in [0.717, 1.165) is 43.6 Å². The molecule has 1 aromatic carbocycles. The number of aliphatic hydroxyl groups is 1. The van der Waals surface area contributed by atoms with Gasteiger partial charge in [-0.2, -0.15) is 0 Å². The van der Waals surface area contributed by atoms with Gasteiger partial charge in [0.2, 0.25) is 0 Å². The van der Waals surface area contributed by atoms with Crippen molar-refractivity contribution in [1.29, 1.82) is 0 Å². The zero-order chi connectivity index (χ0) is 25.9. The molecule has 1 aromatic rings. The van der Waals surface area contributed by atoms with Gasteiger partial charge in [-0.05, 0) is 79.3 Å². The predicted molar refractivity (Wildman–Crippen MR) is 147 cm³/mol. The van der Waals surface area contributed by atoms with Gasteiger partial charge in [-0.15, -0.1) is 6.58 Å². The van der Waals surface area contributed by atoms with Crippen LogP contribution in [0.15, 0.2) is 36.9 Å². The summed E-state index contributed by atoms with van der Waals surface area (Å²) < 4.78 is 18.2. The first-order chi connectivity index (χ1) is 15.8. The highest BCUT2D eigenvalue weighted by Gasteiger charge is 2.37. The minimum atomic E-state index is -1.71. The molecule has 0 unspecified atom stereocenters. The molecule has 0 amide bonds. The van der Waals surface area contributed by atoms with Crippen LogP contribution >= 0.6 is 0 Å². The highest BCUT2D eigenvalue weighted by atomic mass is 28.4. The molecule has 0 fully saturated rings. The van der Waals surface area contributed by atoms with Gasteiger partial charge in [0, 0.05) is 6.61 Å². The molecule has 0 aliphatic carbocycles. The largest absolute Gasteiger partial charge is 0.497 e. The summed E-state index contributed by atoms with van der Waals surface area (Å²) in [5.74, 6) is 1.72. The van der Waals surface area contributed by atoms with E-state index >= 15 is 0 Å². The Balaban J connectivity index is 2.74. The minimum absolute atomic E-state index is 0.107. The predicted octanol–water partition coefficient (Wildman–Crippen LogP) is 7.62. The molecule has 34 heavy (non-hydrogen) atoms. The number of hydrogen-bond donors (Lipinski definition) is 1. The van der Waals surface area contributed by atoms with Crippen LogP contribution in [0, 0.1) is 17.8 Å². The lowest BCUT2D eigenvalue weighted by Crippen LogP contribution is -2.41. The third-order valence-electron chi connectivity index (χ3n) is 7.69. The van der Waals surface area contributed by atoms with E-state index in [9.17, 15) is 5.11 Å². The number of methoxy groups -OCH3 is 1. The Morgan fingerprint density at radius 2 is 1.59 bits per heavy atom. The number of rotatable bonds is 16. The van der Waals surface area contributed by atoms with Crippen molar-refractivity contribution in [3.05, 3.63) is 42.5 Å². The number of benzene rings is 1. The zero-order valence-electron chi connectivity index (χ0n) is 23.4. The maximum absolute atomic E-state index is 10.4. The van der Waals surface area contributed by atoms with E-state index in [4.69, 9.17) is 13.9 Å². The van der Waals surface area contributed by atoms with Gasteiger partial charge in [-0.25, -0.2) is 0 Å². The smallest absolute Gasteiger partial charge is 0.191 e. The monoisotopic (exact) mass is 492 g/mol. The van der Waals surface area contributed by atoms with Crippen LogP contribution in [-0.4, -0.2) is 39.3 Å². The molecule has 1 rings (SSSR count). The minimum Gasteiger partial charge on any atom is -0.497 e. The average molecular weight is 493 g/mol. The van der Waals surface area contributed by atoms with Crippen molar-refractivity contribution in [3.8, 4) is 5.75 Å². The summed E-state index contributed by atoms with van der Waals surface area (Å²) >= 11 is 0. The van der Waals surface area contributed by atoms with Gasteiger partial charge in [0.05, 0.1) is 25.9 Å². The van der Waals surface area contributed by atoms with Gasteiger partial charge >= 0.3 is 0 Å². The van der Waals surface area contributed by atoms with Crippen LogP contribution in [0.2, 0.25) is 18.1 Å². The van der Waals surface area contributed by atoms with Crippen LogP contribution in [-0.2, 0) is 15.8 Å². The van der Waals surface area contributed by atoms with E-state index in [-0.39, 0.29) is 23.2 Å². The first-order valence-corrected chi connectivity index (χ1v) is 15.9. The van der Waals surface area contributed by atoms with Gasteiger partial charge in [-0.3, -0.25) is 0 Å². The highest BCUT2D eigenvalue weighted by molar-refractivity contribution is 6.74. The second kappa shape index (κ2) is 14.4. The van der Waals surface area contributed by atoms with Gasteiger partial charge in [0.1, 0.15) is 5.75 Å². The molecule has 0 aliphatic rings. The second-order valence-electron chi connectivity index (χ2n) is 11.6. The number of ether oxygens (including phenoxy) is 2. The normalized spacial score (nSPS) is 17.0. The molecular weight excluding hydrogens is 440 g/mol. The average Bonchev–Trinajstić information content (AvgIpc) is 2.79. The summed E-state index contributed by atoms with van der Waals surface area (Å²) in [4.78, 5) is 0. The molecule has 1 N–H and O–H groups in total. The topological polar surface area (TPSA) is 47.9 Å². The summed E-state index contributed by atoms with van der Waals surface area (Å²) in [5.41, 5.74) is 1.15. The van der Waals surface area contributed by atoms with Crippen molar-refractivity contribution in [2.45, 2.75) is 104 Å². The number of hydrogen-bond acceptors (Lipinski definition) is 4. The molecular formula is C29H52O4Si. The summed E-state index contributed by atoms with van der Waals surface area (Å²) in [6, 6.07) is 8.08. The van der Waals surface area contributed by atoms with Crippen molar-refractivity contribution in [2.75, 3.05) is 13.7 Å². The van der Waals surface area contributed by atoms with Crippen molar-refractivity contribution in [3.63, 3.8) is 0 Å².